The van der Waals surface area contributed by atoms with Gasteiger partial charge in [-0.3, -0.25) is 4.99 Å². The molecule has 0 aliphatic carbocycles. The Balaban J connectivity index is 0.00000400. The predicted octanol–water partition coefficient (Wildman–Crippen LogP) is 1.27. The van der Waals surface area contributed by atoms with Gasteiger partial charge in [0.15, 0.2) is 15.8 Å². The minimum absolute atomic E-state index is 0. The van der Waals surface area contributed by atoms with E-state index in [2.05, 4.69) is 21.5 Å². The summed E-state index contributed by atoms with van der Waals surface area (Å²) in [5.74, 6) is 2.92. The van der Waals surface area contributed by atoms with Crippen LogP contribution in [0.5, 0.6) is 0 Å². The third-order valence-electron chi connectivity index (χ3n) is 2.43. The van der Waals surface area contributed by atoms with Crippen molar-refractivity contribution in [1.29, 1.82) is 0 Å². The van der Waals surface area contributed by atoms with E-state index in [1.54, 1.807) is 30.3 Å². The summed E-state index contributed by atoms with van der Waals surface area (Å²) in [7, 11) is -3.29. The van der Waals surface area contributed by atoms with Gasteiger partial charge in [-0.25, -0.2) is 8.42 Å². The van der Waals surface area contributed by atoms with Crippen molar-refractivity contribution < 1.29 is 8.42 Å². The van der Waals surface area contributed by atoms with Gasteiger partial charge in [-0.1, -0.05) is 24.1 Å². The van der Waals surface area contributed by atoms with E-state index in [-0.39, 0.29) is 36.3 Å². The minimum Gasteiger partial charge on any atom is -0.357 e. The molecule has 116 valence electrons. The normalized spacial score (nSPS) is 11.1. The van der Waals surface area contributed by atoms with Crippen molar-refractivity contribution in [3.8, 4) is 12.3 Å². The van der Waals surface area contributed by atoms with Crippen LogP contribution in [0.15, 0.2) is 40.2 Å². The third-order valence-corrected chi connectivity index (χ3v) is 4.14. The first-order chi connectivity index (χ1) is 9.60. The molecule has 0 spiro atoms. The van der Waals surface area contributed by atoms with E-state index in [0.717, 1.165) is 0 Å². The average molecular weight is 421 g/mol. The Morgan fingerprint density at radius 3 is 2.52 bits per heavy atom. The number of rotatable bonds is 6. The average Bonchev–Trinajstić information content (AvgIpc) is 2.45. The molecule has 5 nitrogen and oxygen atoms in total. The van der Waals surface area contributed by atoms with Gasteiger partial charge in [0.05, 0.1) is 23.7 Å². The molecule has 0 saturated carbocycles. The van der Waals surface area contributed by atoms with Gasteiger partial charge >= 0.3 is 0 Å². The highest BCUT2D eigenvalue weighted by atomic mass is 127. The molecule has 0 radical (unpaired) electrons. The fourth-order valence-corrected chi connectivity index (χ4v) is 2.64. The highest BCUT2D eigenvalue weighted by Crippen LogP contribution is 2.09. The molecule has 0 aliphatic heterocycles. The Morgan fingerprint density at radius 2 is 1.95 bits per heavy atom. The molecule has 0 aromatic heterocycles. The maximum absolute atomic E-state index is 12.0. The first kappa shape index (κ1) is 19.7. The molecular formula is C14H20IN3O2S. The number of hydrogen-bond acceptors (Lipinski definition) is 3. The number of terminal acetylenes is 1. The second kappa shape index (κ2) is 10.5. The van der Waals surface area contributed by atoms with Crippen LogP contribution >= 0.6 is 24.0 Å². The zero-order chi connectivity index (χ0) is 14.8. The van der Waals surface area contributed by atoms with Crippen LogP contribution in [-0.4, -0.2) is 39.8 Å². The molecule has 0 heterocycles. The fourth-order valence-electron chi connectivity index (χ4n) is 1.50. The molecule has 0 bridgehead atoms. The molecule has 1 aromatic rings. The van der Waals surface area contributed by atoms with E-state index in [0.29, 0.717) is 23.9 Å². The fraction of sp³-hybridized carbons (Fsp3) is 0.357. The van der Waals surface area contributed by atoms with Gasteiger partial charge in [0.1, 0.15) is 0 Å². The van der Waals surface area contributed by atoms with Gasteiger partial charge in [-0.2, -0.15) is 0 Å². The number of halogens is 1. The Hall–Kier alpha value is -1.27. The van der Waals surface area contributed by atoms with Crippen molar-refractivity contribution in [2.24, 2.45) is 4.99 Å². The van der Waals surface area contributed by atoms with E-state index in [1.807, 2.05) is 6.92 Å². The van der Waals surface area contributed by atoms with Crippen LogP contribution in [0.4, 0.5) is 0 Å². The first-order valence-corrected chi connectivity index (χ1v) is 7.99. The second-order valence-electron chi connectivity index (χ2n) is 3.95. The maximum Gasteiger partial charge on any atom is 0.192 e. The van der Waals surface area contributed by atoms with Gasteiger partial charge in [-0.05, 0) is 19.1 Å². The zero-order valence-electron chi connectivity index (χ0n) is 11.9. The Kier molecular flexibility index (Phi) is 9.82. The number of sulfone groups is 1. The number of guanidine groups is 1. The number of benzene rings is 1. The van der Waals surface area contributed by atoms with Crippen LogP contribution in [0, 0.1) is 12.3 Å². The van der Waals surface area contributed by atoms with E-state index in [9.17, 15) is 8.42 Å². The summed E-state index contributed by atoms with van der Waals surface area (Å²) < 4.78 is 24.1. The molecule has 0 atom stereocenters. The molecule has 0 saturated heterocycles. The van der Waals surface area contributed by atoms with Crippen LogP contribution in [0.25, 0.3) is 0 Å². The molecule has 0 amide bonds. The summed E-state index contributed by atoms with van der Waals surface area (Å²) in [5.41, 5.74) is 0. The number of aliphatic imine (C=N–C) groups is 1. The standard InChI is InChI=1S/C14H19N3O2S.HI/c1-3-10-16-14(15-4-2)17-11-12-20(18,19)13-8-6-5-7-9-13;/h1,5-9H,4,10-12H2,2H3,(H2,15,16,17);1H. The van der Waals surface area contributed by atoms with Crippen LogP contribution in [0.1, 0.15) is 6.92 Å². The topological polar surface area (TPSA) is 70.6 Å². The van der Waals surface area contributed by atoms with Crippen molar-refractivity contribution in [2.45, 2.75) is 11.8 Å². The van der Waals surface area contributed by atoms with Crippen LogP contribution in [0.3, 0.4) is 0 Å². The smallest absolute Gasteiger partial charge is 0.192 e. The molecule has 1 rings (SSSR count). The lowest BCUT2D eigenvalue weighted by Gasteiger charge is -2.08. The van der Waals surface area contributed by atoms with Crippen molar-refractivity contribution >= 4 is 39.8 Å². The quantitative estimate of drug-likeness (QED) is 0.314. The van der Waals surface area contributed by atoms with E-state index in [1.165, 1.54) is 0 Å². The summed E-state index contributed by atoms with van der Waals surface area (Å²) in [5, 5.41) is 5.90. The first-order valence-electron chi connectivity index (χ1n) is 6.33. The van der Waals surface area contributed by atoms with Gasteiger partial charge in [-0.15, -0.1) is 30.4 Å². The summed E-state index contributed by atoms with van der Waals surface area (Å²) in [6.45, 7) is 3.13. The Bertz CT molecular complexity index is 580. The van der Waals surface area contributed by atoms with E-state index >= 15 is 0 Å². The number of hydrogen-bond donors (Lipinski definition) is 2. The maximum atomic E-state index is 12.0. The third kappa shape index (κ3) is 7.34. The monoisotopic (exact) mass is 421 g/mol. The number of nitrogens with one attached hydrogen (secondary N) is 2. The van der Waals surface area contributed by atoms with E-state index < -0.39 is 9.84 Å². The van der Waals surface area contributed by atoms with Crippen molar-refractivity contribution in [3.63, 3.8) is 0 Å². The summed E-state index contributed by atoms with van der Waals surface area (Å²) >= 11 is 0. The van der Waals surface area contributed by atoms with Crippen LogP contribution in [0.2, 0.25) is 0 Å². The molecule has 21 heavy (non-hydrogen) atoms. The highest BCUT2D eigenvalue weighted by Gasteiger charge is 2.12. The van der Waals surface area contributed by atoms with Gasteiger partial charge in [0, 0.05) is 6.54 Å². The lowest BCUT2D eigenvalue weighted by molar-refractivity contribution is 0.596. The lowest BCUT2D eigenvalue weighted by atomic mass is 10.4. The summed E-state index contributed by atoms with van der Waals surface area (Å²) in [6.07, 6.45) is 5.16. The van der Waals surface area contributed by atoms with Crippen molar-refractivity contribution in [3.05, 3.63) is 30.3 Å². The number of nitrogens with zero attached hydrogens (tertiary/aromatic N) is 1. The molecule has 1 aromatic carbocycles. The van der Waals surface area contributed by atoms with Crippen molar-refractivity contribution in [1.82, 2.24) is 10.6 Å². The zero-order valence-corrected chi connectivity index (χ0v) is 15.0. The molecule has 0 unspecified atom stereocenters. The highest BCUT2D eigenvalue weighted by molar-refractivity contribution is 14.0. The predicted molar refractivity (Wildman–Crippen MR) is 96.7 cm³/mol. The lowest BCUT2D eigenvalue weighted by Crippen LogP contribution is -2.37. The van der Waals surface area contributed by atoms with Gasteiger partial charge in [0.2, 0.25) is 0 Å². The van der Waals surface area contributed by atoms with Gasteiger partial charge in [0.25, 0.3) is 0 Å². The molecule has 7 heteroatoms. The Labute approximate surface area is 143 Å². The Morgan fingerprint density at radius 1 is 1.29 bits per heavy atom. The van der Waals surface area contributed by atoms with Crippen molar-refractivity contribution in [2.75, 3.05) is 25.4 Å². The summed E-state index contributed by atoms with van der Waals surface area (Å²) in [4.78, 5) is 4.50. The molecule has 2 N–H and O–H groups in total. The minimum atomic E-state index is -3.29. The van der Waals surface area contributed by atoms with Crippen LogP contribution < -0.4 is 10.6 Å². The molecule has 0 aliphatic rings. The van der Waals surface area contributed by atoms with Crippen LogP contribution in [-0.2, 0) is 9.84 Å². The molecular weight excluding hydrogens is 401 g/mol. The van der Waals surface area contributed by atoms with Gasteiger partial charge < -0.3 is 10.6 Å². The van der Waals surface area contributed by atoms with E-state index in [4.69, 9.17) is 6.42 Å². The second-order valence-corrected chi connectivity index (χ2v) is 6.06. The molecule has 0 fully saturated rings. The largest absolute Gasteiger partial charge is 0.357 e. The SMILES string of the molecule is C#CCNC(=NCCS(=O)(=O)c1ccccc1)NCC.I. The summed E-state index contributed by atoms with van der Waals surface area (Å²) in [6, 6.07) is 8.36.